The van der Waals surface area contributed by atoms with Crippen LogP contribution in [-0.2, 0) is 28.8 Å². The molecule has 0 aromatic heterocycles. The van der Waals surface area contributed by atoms with E-state index in [1.165, 1.54) is 258 Å². The minimum Gasteiger partial charge on any atom is -0.393 e. The summed E-state index contributed by atoms with van der Waals surface area (Å²) in [4.78, 5) is 67.8. The van der Waals surface area contributed by atoms with Gasteiger partial charge < -0.3 is 10.2 Å². The van der Waals surface area contributed by atoms with Gasteiger partial charge >= 0.3 is 0 Å². The fourth-order valence-electron chi connectivity index (χ4n) is 18.8. The molecule has 2 saturated carbocycles. The monoisotopic (exact) mass is 1560 g/mol. The third kappa shape index (κ3) is 56.7. The normalized spacial score (nSPS) is 24.8. The summed E-state index contributed by atoms with van der Waals surface area (Å²) >= 11 is 0. The number of hydrogen-bond acceptors (Lipinski definition) is 8. The lowest BCUT2D eigenvalue weighted by Gasteiger charge is -2.25. The van der Waals surface area contributed by atoms with E-state index in [0.29, 0.717) is 88.0 Å². The van der Waals surface area contributed by atoms with E-state index in [-0.39, 0.29) is 12.2 Å². The summed E-state index contributed by atoms with van der Waals surface area (Å²) in [6.07, 6.45) is 71.1. The molecule has 0 heterocycles. The van der Waals surface area contributed by atoms with Crippen LogP contribution in [-0.4, -0.2) is 57.1 Å². The molecule has 8 heteroatoms. The molecule has 0 aromatic carbocycles. The van der Waals surface area contributed by atoms with E-state index in [1.807, 2.05) is 30.4 Å². The first-order chi connectivity index (χ1) is 53.3. The molecule has 0 aliphatic heterocycles. The summed E-state index contributed by atoms with van der Waals surface area (Å²) in [5, 5.41) is 19.3. The second kappa shape index (κ2) is 65.3. The highest BCUT2D eigenvalue weighted by Gasteiger charge is 2.28. The minimum atomic E-state index is -0.178. The summed E-state index contributed by atoms with van der Waals surface area (Å²) in [5.74, 6) is 12.1. The Bertz CT molecular complexity index is 2710. The van der Waals surface area contributed by atoms with Gasteiger partial charge in [0.05, 0.1) is 12.2 Å². The van der Waals surface area contributed by atoms with Gasteiger partial charge in [0.15, 0.2) is 28.9 Å². The maximum absolute atomic E-state index is 11.5. The van der Waals surface area contributed by atoms with E-state index in [4.69, 9.17) is 0 Å². The zero-order chi connectivity index (χ0) is 83.8. The van der Waals surface area contributed by atoms with E-state index >= 15 is 0 Å². The van der Waals surface area contributed by atoms with E-state index < -0.39 is 0 Å². The molecular formula is C104H184O8. The van der Waals surface area contributed by atoms with Gasteiger partial charge in [0.2, 0.25) is 0 Å². The molecule has 14 atom stereocenters. The maximum atomic E-state index is 11.5. The fourth-order valence-corrected chi connectivity index (χ4v) is 18.8. The van der Waals surface area contributed by atoms with Crippen molar-refractivity contribution < 1.29 is 39.0 Å². The summed E-state index contributed by atoms with van der Waals surface area (Å²) in [5.41, 5.74) is 7.73. The molecule has 8 nitrogen and oxygen atoms in total. The number of carbonyl (C=O) groups excluding carboxylic acids is 6. The molecule has 2 fully saturated rings. The van der Waals surface area contributed by atoms with Gasteiger partial charge in [-0.15, -0.1) is 0 Å². The minimum absolute atomic E-state index is 0.0160. The molecule has 0 amide bonds. The number of aliphatic hydroxyl groups excluding tert-OH is 2. The SMILES string of the molecule is CC1=CC(=O)CC(CC(C)C)C1.CC1=CC(O)CC(CC(C)C)C1.CCC(C)CCCC(C)CCC1CCCC1=O.CCC(C)CCCC(C)CCC1CCCC1O.CCCCC1CC(=O)C=C(C)C1.CCCCCC1CC(=O)C=C(C)C1.CCCCCCC1CC(=O)C=C(C)C1.CCCCCCCC1CC(=O)C=C(C)C1. The Balaban J connectivity index is 0.000000642. The summed E-state index contributed by atoms with van der Waals surface area (Å²) in [6, 6.07) is 0. The molecule has 14 unspecified atom stereocenters. The van der Waals surface area contributed by atoms with Crippen molar-refractivity contribution in [3.63, 3.8) is 0 Å². The van der Waals surface area contributed by atoms with Crippen LogP contribution in [0, 0.1) is 82.9 Å². The van der Waals surface area contributed by atoms with Gasteiger partial charge in [-0.25, -0.2) is 0 Å². The largest absolute Gasteiger partial charge is 0.393 e. The van der Waals surface area contributed by atoms with Crippen LogP contribution in [0.5, 0.6) is 0 Å². The van der Waals surface area contributed by atoms with Crippen molar-refractivity contribution in [2.24, 2.45) is 82.9 Å². The van der Waals surface area contributed by atoms with Crippen molar-refractivity contribution in [1.82, 2.24) is 0 Å². The van der Waals surface area contributed by atoms with Gasteiger partial charge in [0, 0.05) is 44.4 Å². The average Bonchev–Trinajstić information content (AvgIpc) is 1.45. The molecule has 0 spiro atoms. The lowest BCUT2D eigenvalue weighted by molar-refractivity contribution is -0.121. The zero-order valence-corrected chi connectivity index (χ0v) is 77.4. The number of carbonyl (C=O) groups is 6. The van der Waals surface area contributed by atoms with Crippen molar-refractivity contribution in [2.75, 3.05) is 0 Å². The van der Waals surface area contributed by atoms with Crippen LogP contribution in [0.4, 0.5) is 0 Å². The highest BCUT2D eigenvalue weighted by molar-refractivity contribution is 5.93. The van der Waals surface area contributed by atoms with Gasteiger partial charge in [-0.3, -0.25) is 28.8 Å². The number of aliphatic hydroxyl groups is 2. The molecule has 8 aliphatic carbocycles. The second-order valence-electron chi connectivity index (χ2n) is 39.1. The smallest absolute Gasteiger partial charge is 0.155 e. The molecule has 2 N–H and O–H groups in total. The summed E-state index contributed by atoms with van der Waals surface area (Å²) in [6.45, 7) is 44.3. The van der Waals surface area contributed by atoms with Gasteiger partial charge in [0.1, 0.15) is 5.78 Å². The topological polar surface area (TPSA) is 143 Å². The average molecular weight is 1560 g/mol. The Morgan fingerprint density at radius 3 is 1.03 bits per heavy atom. The van der Waals surface area contributed by atoms with Crippen molar-refractivity contribution in [3.05, 3.63) is 69.9 Å². The molecular weight excluding hydrogens is 1380 g/mol. The number of rotatable bonds is 38. The predicted molar refractivity (Wildman–Crippen MR) is 484 cm³/mol. The lowest BCUT2D eigenvalue weighted by atomic mass is 9.83. The molecule has 0 radical (unpaired) electrons. The van der Waals surface area contributed by atoms with Crippen LogP contribution in [0.1, 0.15) is 460 Å². The first-order valence-corrected chi connectivity index (χ1v) is 47.9. The van der Waals surface area contributed by atoms with Gasteiger partial charge in [-0.1, -0.05) is 297 Å². The first-order valence-electron chi connectivity index (χ1n) is 47.9. The maximum Gasteiger partial charge on any atom is 0.155 e. The molecule has 0 aromatic rings. The van der Waals surface area contributed by atoms with Crippen LogP contribution in [0.3, 0.4) is 0 Å². The van der Waals surface area contributed by atoms with Gasteiger partial charge in [0.25, 0.3) is 0 Å². The first kappa shape index (κ1) is 106. The fraction of sp³-hybridized carbons (Fsp3) is 0.827. The molecule has 648 valence electrons. The van der Waals surface area contributed by atoms with E-state index in [0.717, 1.165) is 126 Å². The van der Waals surface area contributed by atoms with E-state index in [9.17, 15) is 39.0 Å². The Hall–Kier alpha value is -3.62. The number of unbranched alkanes of at least 4 members (excludes halogenated alkanes) is 10. The summed E-state index contributed by atoms with van der Waals surface area (Å²) < 4.78 is 0. The quantitative estimate of drug-likeness (QED) is 0.0460. The molecule has 8 aliphatic rings. The van der Waals surface area contributed by atoms with Crippen LogP contribution < -0.4 is 0 Å². The van der Waals surface area contributed by atoms with Gasteiger partial charge in [-0.05, 0) is 271 Å². The van der Waals surface area contributed by atoms with E-state index in [1.54, 1.807) is 6.08 Å². The highest BCUT2D eigenvalue weighted by Crippen LogP contribution is 2.35. The molecule has 8 rings (SSSR count). The highest BCUT2D eigenvalue weighted by atomic mass is 16.3. The second-order valence-corrected chi connectivity index (χ2v) is 39.1. The Kier molecular flexibility index (Phi) is 62.1. The third-order valence-electron chi connectivity index (χ3n) is 25.4. The predicted octanol–water partition coefficient (Wildman–Crippen LogP) is 30.2. The summed E-state index contributed by atoms with van der Waals surface area (Å²) in [7, 11) is 0. The van der Waals surface area contributed by atoms with Gasteiger partial charge in [-0.2, -0.15) is 0 Å². The molecule has 112 heavy (non-hydrogen) atoms. The van der Waals surface area contributed by atoms with E-state index in [2.05, 4.69) is 138 Å². The Morgan fingerprint density at radius 2 is 0.670 bits per heavy atom. The van der Waals surface area contributed by atoms with Crippen LogP contribution in [0.25, 0.3) is 0 Å². The standard InChI is InChI=1S/C16H32O.C16H30O.C14H24O.C13H22O.C12H20O.C11H20O.2C11H18O/c2*1-4-13(2)7-5-8-14(3)11-12-15-9-6-10-16(15)17;1-3-4-5-6-7-8-13-9-12(2)10-14(15)11-13;1-3-4-5-6-7-12-8-11(2)9-13(14)10-12;1-3-4-5-6-11-7-10(2)8-12(13)9-11;2*1-8(2)4-10-5-9(3)6-11(12)7-10;1-3-4-5-10-6-9(2)7-11(12)8-10/h13-17H,4-12H2,1-3H3;13-15H,4-12H2,1-3H3;10,13H,3-9,11H2,1-2H3;9,12H,3-8,10H2,1-2H3;8,11H,3-7,9H2,1-2H3;6,8,10-12H,4-5,7H2,1-3H3;6,8,10H,4-5,7H2,1-3H3;7,10H,3-6,8H2,1-2H3. The van der Waals surface area contributed by atoms with Crippen LogP contribution in [0.15, 0.2) is 69.9 Å². The Labute approximate surface area is 694 Å². The third-order valence-corrected chi connectivity index (χ3v) is 25.4. The number of allylic oxidation sites excluding steroid dienone is 11. The van der Waals surface area contributed by atoms with Crippen molar-refractivity contribution in [2.45, 2.75) is 472 Å². The number of ketones is 6. The zero-order valence-electron chi connectivity index (χ0n) is 77.4. The molecule has 0 saturated heterocycles. The van der Waals surface area contributed by atoms with Crippen molar-refractivity contribution in [3.8, 4) is 0 Å². The Morgan fingerprint density at radius 1 is 0.330 bits per heavy atom. The lowest BCUT2D eigenvalue weighted by Crippen LogP contribution is -2.18. The number of hydrogen-bond donors (Lipinski definition) is 2. The molecule has 0 bridgehead atoms. The van der Waals surface area contributed by atoms with Crippen molar-refractivity contribution >= 4 is 34.7 Å². The van der Waals surface area contributed by atoms with Crippen LogP contribution in [0.2, 0.25) is 0 Å². The van der Waals surface area contributed by atoms with Crippen molar-refractivity contribution in [1.29, 1.82) is 0 Å². The van der Waals surface area contributed by atoms with Crippen LogP contribution >= 0.6 is 0 Å². The number of Topliss-reactive ketones (excluding diaryl/α,β-unsaturated/α-hetero) is 1.